The topological polar surface area (TPSA) is 12.0 Å². The summed E-state index contributed by atoms with van der Waals surface area (Å²) in [6.07, 6.45) is 3.93. The zero-order valence-corrected chi connectivity index (χ0v) is 11.5. The number of halogens is 3. The van der Waals surface area contributed by atoms with Crippen LogP contribution in [-0.2, 0) is 6.54 Å². The van der Waals surface area contributed by atoms with E-state index >= 15 is 0 Å². The molecule has 2 rings (SSSR count). The summed E-state index contributed by atoms with van der Waals surface area (Å²) in [4.78, 5) is 0. The maximum Gasteiger partial charge on any atom is 0.159 e. The van der Waals surface area contributed by atoms with Crippen molar-refractivity contribution >= 4 is 17.7 Å². The van der Waals surface area contributed by atoms with Gasteiger partial charge in [0.15, 0.2) is 11.6 Å². The smallest absolute Gasteiger partial charge is 0.159 e. The van der Waals surface area contributed by atoms with Gasteiger partial charge in [-0.25, -0.2) is 8.78 Å². The van der Waals surface area contributed by atoms with E-state index in [-0.39, 0.29) is 0 Å². The highest BCUT2D eigenvalue weighted by Gasteiger charge is 2.01. The molecule has 1 nitrogen and oxygen atoms in total. The average Bonchev–Trinajstić information content (AvgIpc) is 2.44. The van der Waals surface area contributed by atoms with Crippen LogP contribution < -0.4 is 5.32 Å². The van der Waals surface area contributed by atoms with Gasteiger partial charge in [0.25, 0.3) is 0 Å². The molecule has 0 atom stereocenters. The quantitative estimate of drug-likeness (QED) is 0.805. The minimum absolute atomic E-state index is 0.488. The third-order valence-electron chi connectivity index (χ3n) is 2.76. The Balaban J connectivity index is 1.78. The Morgan fingerprint density at radius 1 is 1.00 bits per heavy atom. The number of nitrogens with one attached hydrogen (secondary N) is 1. The summed E-state index contributed by atoms with van der Waals surface area (Å²) in [5.74, 6) is -1.64. The zero-order valence-electron chi connectivity index (χ0n) is 10.7. The van der Waals surface area contributed by atoms with Crippen molar-refractivity contribution < 1.29 is 8.78 Å². The lowest BCUT2D eigenvalue weighted by molar-refractivity contribution is 0.506. The van der Waals surface area contributed by atoms with Crippen molar-refractivity contribution in [3.05, 3.63) is 76.3 Å². The molecule has 0 unspecified atom stereocenters. The second kappa shape index (κ2) is 7.17. The van der Waals surface area contributed by atoms with Gasteiger partial charge < -0.3 is 5.32 Å². The second-order valence-corrected chi connectivity index (χ2v) is 4.77. The van der Waals surface area contributed by atoms with E-state index in [2.05, 4.69) is 5.32 Å². The van der Waals surface area contributed by atoms with E-state index in [0.29, 0.717) is 23.7 Å². The molecule has 0 fully saturated rings. The van der Waals surface area contributed by atoms with Gasteiger partial charge in [-0.2, -0.15) is 0 Å². The van der Waals surface area contributed by atoms with Gasteiger partial charge in [0, 0.05) is 18.1 Å². The van der Waals surface area contributed by atoms with Crippen molar-refractivity contribution in [2.45, 2.75) is 6.54 Å². The van der Waals surface area contributed by atoms with Crippen molar-refractivity contribution in [1.29, 1.82) is 0 Å². The molecule has 2 aromatic rings. The van der Waals surface area contributed by atoms with Crippen molar-refractivity contribution in [2.24, 2.45) is 0 Å². The lowest BCUT2D eigenvalue weighted by Gasteiger charge is -2.02. The molecule has 0 aliphatic heterocycles. The summed E-state index contributed by atoms with van der Waals surface area (Å²) in [5.41, 5.74) is 1.77. The second-order valence-electron chi connectivity index (χ2n) is 4.33. The van der Waals surface area contributed by atoms with E-state index in [9.17, 15) is 8.78 Å². The minimum Gasteiger partial charge on any atom is -0.309 e. The Morgan fingerprint density at radius 3 is 2.45 bits per heavy atom. The van der Waals surface area contributed by atoms with Crippen LogP contribution in [0.4, 0.5) is 8.78 Å². The predicted octanol–water partition coefficient (Wildman–Crippen LogP) is 4.42. The van der Waals surface area contributed by atoms with Crippen LogP contribution in [0.3, 0.4) is 0 Å². The summed E-state index contributed by atoms with van der Waals surface area (Å²) >= 11 is 5.79. The number of rotatable bonds is 5. The number of benzene rings is 2. The molecule has 4 heteroatoms. The third kappa shape index (κ3) is 4.44. The van der Waals surface area contributed by atoms with E-state index in [1.807, 2.05) is 36.4 Å². The summed E-state index contributed by atoms with van der Waals surface area (Å²) in [5, 5.41) is 3.84. The van der Waals surface area contributed by atoms with E-state index in [0.717, 1.165) is 11.6 Å². The van der Waals surface area contributed by atoms with E-state index in [1.165, 1.54) is 6.07 Å². The number of hydrogen-bond acceptors (Lipinski definition) is 1. The first-order valence-corrected chi connectivity index (χ1v) is 6.60. The third-order valence-corrected chi connectivity index (χ3v) is 3.01. The normalized spacial score (nSPS) is 11.2. The van der Waals surface area contributed by atoms with Gasteiger partial charge in [0.1, 0.15) is 0 Å². The predicted molar refractivity (Wildman–Crippen MR) is 78.6 cm³/mol. The molecule has 0 aliphatic carbocycles. The van der Waals surface area contributed by atoms with Gasteiger partial charge in [-0.3, -0.25) is 0 Å². The monoisotopic (exact) mass is 293 g/mol. The van der Waals surface area contributed by atoms with Gasteiger partial charge in [-0.1, -0.05) is 42.0 Å². The minimum atomic E-state index is -0.823. The van der Waals surface area contributed by atoms with Crippen molar-refractivity contribution in [2.75, 3.05) is 6.54 Å². The first-order chi connectivity index (χ1) is 9.65. The van der Waals surface area contributed by atoms with Crippen LogP contribution in [0, 0.1) is 11.6 Å². The molecule has 0 aromatic heterocycles. The highest BCUT2D eigenvalue weighted by Crippen LogP contribution is 2.10. The molecule has 0 bridgehead atoms. The summed E-state index contributed by atoms with van der Waals surface area (Å²) in [6.45, 7) is 1.13. The molecule has 2 aromatic carbocycles. The zero-order chi connectivity index (χ0) is 14.4. The van der Waals surface area contributed by atoms with Gasteiger partial charge in [0.05, 0.1) is 0 Å². The van der Waals surface area contributed by atoms with Crippen molar-refractivity contribution in [1.82, 2.24) is 5.32 Å². The molecule has 0 radical (unpaired) electrons. The molecular weight excluding hydrogens is 280 g/mol. The maximum atomic E-state index is 13.0. The SMILES string of the molecule is Fc1ccc(CNC/C=C\c2ccc(Cl)cc2)cc1F. The number of hydrogen-bond donors (Lipinski definition) is 1. The molecular formula is C16H14ClF2N. The van der Waals surface area contributed by atoms with E-state index < -0.39 is 11.6 Å². The highest BCUT2D eigenvalue weighted by atomic mass is 35.5. The van der Waals surface area contributed by atoms with Crippen LogP contribution in [0.1, 0.15) is 11.1 Å². The Morgan fingerprint density at radius 2 is 1.75 bits per heavy atom. The van der Waals surface area contributed by atoms with Crippen LogP contribution in [0.2, 0.25) is 5.02 Å². The van der Waals surface area contributed by atoms with Gasteiger partial charge in [-0.05, 0) is 35.4 Å². The van der Waals surface area contributed by atoms with Gasteiger partial charge in [0.2, 0.25) is 0 Å². The largest absolute Gasteiger partial charge is 0.309 e. The molecule has 1 N–H and O–H groups in total. The van der Waals surface area contributed by atoms with E-state index in [4.69, 9.17) is 11.6 Å². The lowest BCUT2D eigenvalue weighted by Crippen LogP contribution is -2.13. The molecule has 0 aliphatic rings. The standard InChI is InChI=1S/C16H14ClF2N/c17-14-6-3-12(4-7-14)2-1-9-20-11-13-5-8-15(18)16(19)10-13/h1-8,10,20H,9,11H2/b2-1-. The summed E-state index contributed by atoms with van der Waals surface area (Å²) in [7, 11) is 0. The fourth-order valence-corrected chi connectivity index (χ4v) is 1.84. The van der Waals surface area contributed by atoms with Crippen LogP contribution in [0.5, 0.6) is 0 Å². The van der Waals surface area contributed by atoms with Crippen LogP contribution in [-0.4, -0.2) is 6.54 Å². The van der Waals surface area contributed by atoms with Gasteiger partial charge >= 0.3 is 0 Å². The van der Waals surface area contributed by atoms with Crippen LogP contribution >= 0.6 is 11.6 Å². The highest BCUT2D eigenvalue weighted by molar-refractivity contribution is 6.30. The molecule has 0 spiro atoms. The van der Waals surface area contributed by atoms with Gasteiger partial charge in [-0.15, -0.1) is 0 Å². The fourth-order valence-electron chi connectivity index (χ4n) is 1.72. The first kappa shape index (κ1) is 14.7. The molecule has 20 heavy (non-hydrogen) atoms. The van der Waals surface area contributed by atoms with Crippen molar-refractivity contribution in [3.8, 4) is 0 Å². The molecule has 0 saturated heterocycles. The Bertz CT molecular complexity index is 594. The van der Waals surface area contributed by atoms with Crippen LogP contribution in [0.15, 0.2) is 48.5 Å². The fraction of sp³-hybridized carbons (Fsp3) is 0.125. The molecule has 0 heterocycles. The Labute approximate surface area is 121 Å². The molecule has 0 amide bonds. The average molecular weight is 294 g/mol. The Kier molecular flexibility index (Phi) is 5.27. The van der Waals surface area contributed by atoms with E-state index in [1.54, 1.807) is 6.07 Å². The molecule has 104 valence electrons. The Hall–Kier alpha value is -1.71. The molecule has 0 saturated carbocycles. The summed E-state index contributed by atoms with van der Waals surface area (Å²) in [6, 6.07) is 11.4. The van der Waals surface area contributed by atoms with Crippen LogP contribution in [0.25, 0.3) is 6.08 Å². The van der Waals surface area contributed by atoms with Crippen molar-refractivity contribution in [3.63, 3.8) is 0 Å². The first-order valence-electron chi connectivity index (χ1n) is 6.22. The lowest BCUT2D eigenvalue weighted by atomic mass is 10.2. The maximum absolute atomic E-state index is 13.0. The summed E-state index contributed by atoms with van der Waals surface area (Å²) < 4.78 is 25.7.